The number of hydrogen-bond donors (Lipinski definition) is 0. The van der Waals surface area contributed by atoms with E-state index in [4.69, 9.17) is 17.0 Å². The summed E-state index contributed by atoms with van der Waals surface area (Å²) in [6, 6.07) is 7.24. The van der Waals surface area contributed by atoms with Gasteiger partial charge in [0.25, 0.3) is 5.17 Å². The van der Waals surface area contributed by atoms with Crippen molar-refractivity contribution < 1.29 is 9.53 Å². The highest BCUT2D eigenvalue weighted by atomic mass is 32.1. The molecule has 0 aliphatic heterocycles. The zero-order valence-electron chi connectivity index (χ0n) is 8.98. The van der Waals surface area contributed by atoms with Crippen molar-refractivity contribution >= 4 is 23.4 Å². The maximum absolute atomic E-state index is 11.6. The molecule has 0 fully saturated rings. The molecule has 4 heteroatoms. The minimum Gasteiger partial charge on any atom is -0.395 e. The Morgan fingerprint density at radius 2 is 1.93 bits per heavy atom. The number of carbonyl (C=O) groups is 1. The van der Waals surface area contributed by atoms with Crippen molar-refractivity contribution in [2.45, 2.75) is 6.92 Å². The quantitative estimate of drug-likeness (QED) is 0.538. The lowest BCUT2D eigenvalue weighted by Gasteiger charge is -2.13. The van der Waals surface area contributed by atoms with Gasteiger partial charge in [-0.05, 0) is 30.8 Å². The number of benzene rings is 1. The topological polar surface area (TPSA) is 29.5 Å². The summed E-state index contributed by atoms with van der Waals surface area (Å²) in [5.41, 5.74) is 1.42. The number of aryl methyl sites for hydroxylation is 1. The second-order valence-corrected chi connectivity index (χ2v) is 3.71. The van der Waals surface area contributed by atoms with Crippen LogP contribution < -0.4 is 0 Å². The highest BCUT2D eigenvalue weighted by Gasteiger charge is 2.12. The molecule has 0 aliphatic rings. The van der Waals surface area contributed by atoms with Gasteiger partial charge in [0.2, 0.25) is 0 Å². The summed E-state index contributed by atoms with van der Waals surface area (Å²) in [5, 5.41) is 0.170. The number of esters is 1. The van der Waals surface area contributed by atoms with Gasteiger partial charge >= 0.3 is 5.97 Å². The van der Waals surface area contributed by atoms with Gasteiger partial charge in [-0.1, -0.05) is 18.2 Å². The van der Waals surface area contributed by atoms with Crippen LogP contribution >= 0.6 is 12.2 Å². The van der Waals surface area contributed by atoms with Gasteiger partial charge in [-0.3, -0.25) is 0 Å². The minimum absolute atomic E-state index is 0.170. The molecule has 0 spiro atoms. The molecule has 0 aliphatic carbocycles. The maximum atomic E-state index is 11.6. The van der Waals surface area contributed by atoms with Crippen molar-refractivity contribution in [2.75, 3.05) is 14.1 Å². The molecule has 80 valence electrons. The predicted octanol–water partition coefficient (Wildman–Crippen LogP) is 2.00. The largest absolute Gasteiger partial charge is 0.395 e. The Morgan fingerprint density at radius 1 is 1.33 bits per heavy atom. The predicted molar refractivity (Wildman–Crippen MR) is 62.9 cm³/mol. The maximum Gasteiger partial charge on any atom is 0.345 e. The van der Waals surface area contributed by atoms with Crippen LogP contribution in [0.3, 0.4) is 0 Å². The van der Waals surface area contributed by atoms with E-state index in [0.717, 1.165) is 5.56 Å². The van der Waals surface area contributed by atoms with Gasteiger partial charge < -0.3 is 9.64 Å². The molecule has 1 aromatic rings. The molecule has 0 radical (unpaired) electrons. The lowest BCUT2D eigenvalue weighted by molar-refractivity contribution is 0.0698. The van der Waals surface area contributed by atoms with Gasteiger partial charge in [-0.25, -0.2) is 4.79 Å². The van der Waals surface area contributed by atoms with E-state index in [9.17, 15) is 4.79 Å². The first-order valence-electron chi connectivity index (χ1n) is 4.51. The average molecular weight is 223 g/mol. The molecule has 1 rings (SSSR count). The second-order valence-electron chi connectivity index (χ2n) is 3.36. The Balaban J connectivity index is 2.79. The third-order valence-electron chi connectivity index (χ3n) is 1.91. The summed E-state index contributed by atoms with van der Waals surface area (Å²) in [5.74, 6) is -0.410. The molecule has 0 saturated carbocycles. The minimum atomic E-state index is -0.410. The van der Waals surface area contributed by atoms with Gasteiger partial charge in [0, 0.05) is 14.1 Å². The van der Waals surface area contributed by atoms with Crippen molar-refractivity contribution in [2.24, 2.45) is 0 Å². The fourth-order valence-corrected chi connectivity index (χ4v) is 1.10. The zero-order chi connectivity index (χ0) is 11.4. The van der Waals surface area contributed by atoms with Gasteiger partial charge in [-0.2, -0.15) is 0 Å². The summed E-state index contributed by atoms with van der Waals surface area (Å²) in [6.45, 7) is 1.86. The third-order valence-corrected chi connectivity index (χ3v) is 2.36. The summed E-state index contributed by atoms with van der Waals surface area (Å²) < 4.78 is 5.00. The number of carbonyl (C=O) groups excluding carboxylic acids is 1. The van der Waals surface area contributed by atoms with E-state index in [1.54, 1.807) is 31.1 Å². The molecule has 0 amide bonds. The van der Waals surface area contributed by atoms with Crippen LogP contribution in [0.4, 0.5) is 0 Å². The van der Waals surface area contributed by atoms with E-state index < -0.39 is 5.97 Å². The molecule has 1 aromatic carbocycles. The van der Waals surface area contributed by atoms with Crippen molar-refractivity contribution in [3.8, 4) is 0 Å². The highest BCUT2D eigenvalue weighted by Crippen LogP contribution is 2.09. The second kappa shape index (κ2) is 4.89. The van der Waals surface area contributed by atoms with Crippen LogP contribution in [-0.4, -0.2) is 30.1 Å². The molecule has 0 aromatic heterocycles. The fourth-order valence-electron chi connectivity index (χ4n) is 1.03. The smallest absolute Gasteiger partial charge is 0.345 e. The molecule has 15 heavy (non-hydrogen) atoms. The normalized spacial score (nSPS) is 9.53. The first-order chi connectivity index (χ1) is 7.02. The molecular weight excluding hydrogens is 210 g/mol. The number of thiocarbonyl (C=S) groups is 1. The Morgan fingerprint density at radius 3 is 2.47 bits per heavy atom. The van der Waals surface area contributed by atoms with Crippen LogP contribution in [-0.2, 0) is 4.74 Å². The zero-order valence-corrected chi connectivity index (χ0v) is 9.80. The first-order valence-corrected chi connectivity index (χ1v) is 4.92. The first kappa shape index (κ1) is 11.7. The number of ether oxygens (including phenoxy) is 1. The standard InChI is InChI=1S/C11H13NO2S/c1-8-6-4-5-7-9(8)10(13)14-11(15)12(2)3/h4-7H,1-3H3. The Kier molecular flexibility index (Phi) is 3.80. The summed E-state index contributed by atoms with van der Waals surface area (Å²) in [6.07, 6.45) is 0. The lowest BCUT2D eigenvalue weighted by atomic mass is 10.1. The summed E-state index contributed by atoms with van der Waals surface area (Å²) in [4.78, 5) is 13.2. The number of rotatable bonds is 1. The van der Waals surface area contributed by atoms with Crippen molar-refractivity contribution in [3.05, 3.63) is 35.4 Å². The Hall–Kier alpha value is -1.42. The fraction of sp³-hybridized carbons (Fsp3) is 0.273. The van der Waals surface area contributed by atoms with E-state index >= 15 is 0 Å². The molecule has 0 heterocycles. The van der Waals surface area contributed by atoms with E-state index in [-0.39, 0.29) is 5.17 Å². The van der Waals surface area contributed by atoms with Crippen molar-refractivity contribution in [3.63, 3.8) is 0 Å². The molecule has 3 nitrogen and oxygen atoms in total. The van der Waals surface area contributed by atoms with E-state index in [2.05, 4.69) is 0 Å². The van der Waals surface area contributed by atoms with E-state index in [0.29, 0.717) is 5.56 Å². The average Bonchev–Trinajstić information content (AvgIpc) is 2.18. The monoisotopic (exact) mass is 223 g/mol. The number of hydrogen-bond acceptors (Lipinski definition) is 3. The van der Waals surface area contributed by atoms with E-state index in [1.807, 2.05) is 19.1 Å². The highest BCUT2D eigenvalue weighted by molar-refractivity contribution is 7.80. The molecule has 0 atom stereocenters. The molecule has 0 bridgehead atoms. The van der Waals surface area contributed by atoms with Crippen LogP contribution in [0.2, 0.25) is 0 Å². The van der Waals surface area contributed by atoms with Crippen LogP contribution in [0.25, 0.3) is 0 Å². The Bertz CT molecular complexity index is 388. The van der Waals surface area contributed by atoms with Crippen molar-refractivity contribution in [1.82, 2.24) is 4.90 Å². The summed E-state index contributed by atoms with van der Waals surface area (Å²) in [7, 11) is 3.46. The summed E-state index contributed by atoms with van der Waals surface area (Å²) >= 11 is 4.88. The van der Waals surface area contributed by atoms with Crippen LogP contribution in [0, 0.1) is 6.92 Å². The van der Waals surface area contributed by atoms with E-state index in [1.165, 1.54) is 0 Å². The van der Waals surface area contributed by atoms with Gasteiger partial charge in [0.15, 0.2) is 0 Å². The lowest BCUT2D eigenvalue weighted by Crippen LogP contribution is -2.25. The van der Waals surface area contributed by atoms with Crippen molar-refractivity contribution in [1.29, 1.82) is 0 Å². The molecule has 0 unspecified atom stereocenters. The third kappa shape index (κ3) is 3.02. The molecular formula is C11H13NO2S. The SMILES string of the molecule is Cc1ccccc1C(=O)OC(=S)N(C)C. The Labute approximate surface area is 94.6 Å². The van der Waals surface area contributed by atoms with Gasteiger partial charge in [0.1, 0.15) is 0 Å². The molecule has 0 saturated heterocycles. The number of nitrogens with zero attached hydrogens (tertiary/aromatic N) is 1. The van der Waals surface area contributed by atoms with Crippen LogP contribution in [0.5, 0.6) is 0 Å². The van der Waals surface area contributed by atoms with Crippen LogP contribution in [0.15, 0.2) is 24.3 Å². The van der Waals surface area contributed by atoms with Crippen LogP contribution in [0.1, 0.15) is 15.9 Å². The van der Waals surface area contributed by atoms with Gasteiger partial charge in [-0.15, -0.1) is 0 Å². The molecule has 0 N–H and O–H groups in total. The van der Waals surface area contributed by atoms with Gasteiger partial charge in [0.05, 0.1) is 5.56 Å².